The monoisotopic (exact) mass is 348 g/mol. The van der Waals surface area contributed by atoms with Crippen LogP contribution in [0.25, 0.3) is 6.08 Å². The normalized spacial score (nSPS) is 19.6. The van der Waals surface area contributed by atoms with Crippen molar-refractivity contribution in [1.82, 2.24) is 4.90 Å². The fourth-order valence-corrected chi connectivity index (χ4v) is 3.73. The van der Waals surface area contributed by atoms with Crippen molar-refractivity contribution >= 4 is 28.9 Å². The fraction of sp³-hybridized carbons (Fsp3) is 0.412. The summed E-state index contributed by atoms with van der Waals surface area (Å²) in [4.78, 5) is 19.1. The van der Waals surface area contributed by atoms with E-state index in [1.165, 1.54) is 32.4 Å². The topological polar surface area (TPSA) is 71.4 Å². The number of phenols is 1. The summed E-state index contributed by atoms with van der Waals surface area (Å²) in [5, 5.41) is 10.7. The molecule has 0 radical (unpaired) electrons. The number of aromatic hydroxyl groups is 1. The summed E-state index contributed by atoms with van der Waals surface area (Å²) < 4.78 is 10.3. The molecule has 2 aliphatic rings. The molecule has 0 saturated carbocycles. The van der Waals surface area contributed by atoms with Gasteiger partial charge in [0.2, 0.25) is 5.75 Å². The predicted octanol–water partition coefficient (Wildman–Crippen LogP) is 2.87. The van der Waals surface area contributed by atoms with Gasteiger partial charge in [0.15, 0.2) is 16.7 Å². The van der Waals surface area contributed by atoms with E-state index in [0.29, 0.717) is 22.0 Å². The molecular weight excluding hydrogens is 328 g/mol. The Hall–Kier alpha value is -2.15. The summed E-state index contributed by atoms with van der Waals surface area (Å²) in [6.45, 7) is 1.90. The number of thioether (sulfide) groups is 1. The maximum atomic E-state index is 12.2. The van der Waals surface area contributed by atoms with Gasteiger partial charge in [-0.05, 0) is 54.8 Å². The average molecular weight is 348 g/mol. The van der Waals surface area contributed by atoms with E-state index in [1.807, 2.05) is 0 Å². The highest BCUT2D eigenvalue weighted by Crippen LogP contribution is 2.39. The highest BCUT2D eigenvalue weighted by molar-refractivity contribution is 8.18. The average Bonchev–Trinajstić information content (AvgIpc) is 2.97. The first-order chi connectivity index (χ1) is 11.6. The maximum absolute atomic E-state index is 12.2. The molecule has 128 valence electrons. The summed E-state index contributed by atoms with van der Waals surface area (Å²) in [5.41, 5.74) is 0.715. The number of piperidine rings is 1. The molecule has 0 aromatic heterocycles. The standard InChI is InChI=1S/C17H20N2O4S/c1-22-12-8-11(9-13(23-2)15(12)20)10-14-16(21)18-17(24-14)19-6-4-3-5-7-19/h8-10,20H,3-7H2,1-2H3. The molecule has 0 unspecified atom stereocenters. The van der Waals surface area contributed by atoms with Crippen LogP contribution in [0.5, 0.6) is 17.2 Å². The molecule has 1 amide bonds. The van der Waals surface area contributed by atoms with Crippen molar-refractivity contribution in [2.24, 2.45) is 4.99 Å². The van der Waals surface area contributed by atoms with E-state index in [0.717, 1.165) is 31.1 Å². The van der Waals surface area contributed by atoms with Crippen molar-refractivity contribution in [2.75, 3.05) is 27.3 Å². The van der Waals surface area contributed by atoms with E-state index in [2.05, 4.69) is 9.89 Å². The van der Waals surface area contributed by atoms with E-state index in [4.69, 9.17) is 9.47 Å². The number of nitrogens with zero attached hydrogens (tertiary/aromatic N) is 2. The van der Waals surface area contributed by atoms with Crippen LogP contribution in [-0.4, -0.2) is 48.4 Å². The zero-order valence-electron chi connectivity index (χ0n) is 13.7. The van der Waals surface area contributed by atoms with Gasteiger partial charge in [0, 0.05) is 13.1 Å². The zero-order chi connectivity index (χ0) is 17.1. The van der Waals surface area contributed by atoms with Gasteiger partial charge in [-0.25, -0.2) is 0 Å². The molecule has 0 aliphatic carbocycles. The Kier molecular flexibility index (Phi) is 4.99. The van der Waals surface area contributed by atoms with E-state index >= 15 is 0 Å². The summed E-state index contributed by atoms with van der Waals surface area (Å²) >= 11 is 1.39. The summed E-state index contributed by atoms with van der Waals surface area (Å²) in [7, 11) is 2.94. The lowest BCUT2D eigenvalue weighted by Crippen LogP contribution is -2.33. The second kappa shape index (κ2) is 7.17. The van der Waals surface area contributed by atoms with Gasteiger partial charge in [0.25, 0.3) is 5.91 Å². The SMILES string of the molecule is COc1cc(C=C2SC(N3CCCCC3)=NC2=O)cc(OC)c1O. The van der Waals surface area contributed by atoms with Crippen molar-refractivity contribution in [1.29, 1.82) is 0 Å². The minimum atomic E-state index is -0.230. The molecule has 1 aromatic rings. The largest absolute Gasteiger partial charge is 0.502 e. The van der Waals surface area contributed by atoms with Gasteiger partial charge in [0.05, 0.1) is 19.1 Å². The maximum Gasteiger partial charge on any atom is 0.286 e. The van der Waals surface area contributed by atoms with Gasteiger partial charge < -0.3 is 19.5 Å². The number of rotatable bonds is 3. The van der Waals surface area contributed by atoms with Crippen LogP contribution >= 0.6 is 11.8 Å². The van der Waals surface area contributed by atoms with Gasteiger partial charge >= 0.3 is 0 Å². The third-order valence-corrected chi connectivity index (χ3v) is 5.08. The number of ether oxygens (including phenoxy) is 2. The lowest BCUT2D eigenvalue weighted by atomic mass is 10.1. The minimum absolute atomic E-state index is 0.0576. The second-order valence-electron chi connectivity index (χ2n) is 5.63. The quantitative estimate of drug-likeness (QED) is 0.847. The Balaban J connectivity index is 1.83. The van der Waals surface area contributed by atoms with Crippen molar-refractivity contribution in [3.8, 4) is 17.2 Å². The molecule has 0 bridgehead atoms. The third-order valence-electron chi connectivity index (χ3n) is 4.04. The number of hydrogen-bond acceptors (Lipinski definition) is 6. The zero-order valence-corrected chi connectivity index (χ0v) is 14.6. The lowest BCUT2D eigenvalue weighted by Gasteiger charge is -2.27. The molecule has 0 atom stereocenters. The van der Waals surface area contributed by atoms with Crippen molar-refractivity contribution < 1.29 is 19.4 Å². The molecule has 0 spiro atoms. The smallest absolute Gasteiger partial charge is 0.286 e. The first kappa shape index (κ1) is 16.7. The summed E-state index contributed by atoms with van der Waals surface area (Å²) in [6, 6.07) is 3.33. The summed E-state index contributed by atoms with van der Waals surface area (Å²) in [5.74, 6) is 0.312. The van der Waals surface area contributed by atoms with Gasteiger partial charge in [0.1, 0.15) is 0 Å². The molecule has 1 saturated heterocycles. The number of aliphatic imine (C=N–C) groups is 1. The number of carbonyl (C=O) groups is 1. The van der Waals surface area contributed by atoms with Crippen LogP contribution in [0, 0.1) is 0 Å². The molecule has 7 heteroatoms. The van der Waals surface area contributed by atoms with E-state index in [1.54, 1.807) is 18.2 Å². The number of phenolic OH excluding ortho intramolecular Hbond substituents is 1. The number of likely N-dealkylation sites (tertiary alicyclic amines) is 1. The molecule has 24 heavy (non-hydrogen) atoms. The Morgan fingerprint density at radius 3 is 2.38 bits per heavy atom. The van der Waals surface area contributed by atoms with E-state index in [9.17, 15) is 9.90 Å². The lowest BCUT2D eigenvalue weighted by molar-refractivity contribution is -0.113. The number of carbonyl (C=O) groups excluding carboxylic acids is 1. The molecule has 1 fully saturated rings. The molecule has 1 N–H and O–H groups in total. The van der Waals surface area contributed by atoms with Crippen LogP contribution in [0.2, 0.25) is 0 Å². The van der Waals surface area contributed by atoms with Crippen LogP contribution in [0.4, 0.5) is 0 Å². The number of amides is 1. The van der Waals surface area contributed by atoms with Crippen LogP contribution < -0.4 is 9.47 Å². The first-order valence-corrected chi connectivity index (χ1v) is 8.66. The number of hydrogen-bond donors (Lipinski definition) is 1. The van der Waals surface area contributed by atoms with E-state index < -0.39 is 0 Å². The second-order valence-corrected chi connectivity index (χ2v) is 6.64. The Morgan fingerprint density at radius 2 is 1.79 bits per heavy atom. The van der Waals surface area contributed by atoms with Crippen LogP contribution in [0.1, 0.15) is 24.8 Å². The number of methoxy groups -OCH3 is 2. The Morgan fingerprint density at radius 1 is 1.17 bits per heavy atom. The number of benzene rings is 1. The van der Waals surface area contributed by atoms with Crippen molar-refractivity contribution in [3.05, 3.63) is 22.6 Å². The molecule has 2 aliphatic heterocycles. The highest BCUT2D eigenvalue weighted by Gasteiger charge is 2.27. The number of amidine groups is 1. The molecular formula is C17H20N2O4S. The molecule has 3 rings (SSSR count). The van der Waals surface area contributed by atoms with Crippen LogP contribution in [0.15, 0.2) is 22.0 Å². The third kappa shape index (κ3) is 3.36. The fourth-order valence-electron chi connectivity index (χ4n) is 2.77. The van der Waals surface area contributed by atoms with E-state index in [-0.39, 0.29) is 11.7 Å². The predicted molar refractivity (Wildman–Crippen MR) is 94.6 cm³/mol. The molecule has 2 heterocycles. The van der Waals surface area contributed by atoms with Crippen molar-refractivity contribution in [2.45, 2.75) is 19.3 Å². The minimum Gasteiger partial charge on any atom is -0.502 e. The van der Waals surface area contributed by atoms with Gasteiger partial charge in [-0.3, -0.25) is 4.79 Å². The van der Waals surface area contributed by atoms with Gasteiger partial charge in [-0.15, -0.1) is 0 Å². The van der Waals surface area contributed by atoms with Crippen LogP contribution in [-0.2, 0) is 4.79 Å². The van der Waals surface area contributed by atoms with Crippen molar-refractivity contribution in [3.63, 3.8) is 0 Å². The summed E-state index contributed by atoms with van der Waals surface area (Å²) in [6.07, 6.45) is 5.26. The Bertz CT molecular complexity index is 684. The highest BCUT2D eigenvalue weighted by atomic mass is 32.2. The Labute approximate surface area is 145 Å². The van der Waals surface area contributed by atoms with Gasteiger partial charge in [-0.1, -0.05) is 0 Å². The molecule has 6 nitrogen and oxygen atoms in total. The van der Waals surface area contributed by atoms with Crippen LogP contribution in [0.3, 0.4) is 0 Å². The molecule has 1 aromatic carbocycles. The van der Waals surface area contributed by atoms with Gasteiger partial charge in [-0.2, -0.15) is 4.99 Å². The first-order valence-electron chi connectivity index (χ1n) is 7.85.